The molecule has 7 nitrogen and oxygen atoms in total. The standard InChI is InChI=1S/C29H30N6O/c1-18-25(15-34-19(2)27(18)36-17-20-4-3-5-24(14-20)29(32)33)16-35-26-12-10-22(11-13-26)21-6-8-23(9-7-21)28(30)31/h3-15,35H,16-17H2,1-2H3,(H3,30,31)(H3,32,33). The van der Waals surface area contributed by atoms with E-state index in [9.17, 15) is 0 Å². The smallest absolute Gasteiger partial charge is 0.144 e. The van der Waals surface area contributed by atoms with Gasteiger partial charge in [-0.1, -0.05) is 54.6 Å². The lowest BCUT2D eigenvalue weighted by Gasteiger charge is -2.16. The van der Waals surface area contributed by atoms with Gasteiger partial charge in [-0.25, -0.2) is 0 Å². The van der Waals surface area contributed by atoms with E-state index in [1.165, 1.54) is 0 Å². The minimum atomic E-state index is 0.0397. The van der Waals surface area contributed by atoms with Gasteiger partial charge in [0.05, 0.1) is 5.69 Å². The van der Waals surface area contributed by atoms with Gasteiger partial charge in [0.15, 0.2) is 0 Å². The number of aromatic nitrogens is 1. The Balaban J connectivity index is 1.42. The fourth-order valence-electron chi connectivity index (χ4n) is 3.94. The second-order valence-corrected chi connectivity index (χ2v) is 8.65. The van der Waals surface area contributed by atoms with Gasteiger partial charge in [-0.05, 0) is 59.9 Å². The van der Waals surface area contributed by atoms with Gasteiger partial charge in [0.2, 0.25) is 0 Å². The number of nitrogens with two attached hydrogens (primary N) is 2. The first kappa shape index (κ1) is 24.5. The Morgan fingerprint density at radius 1 is 0.861 bits per heavy atom. The summed E-state index contributed by atoms with van der Waals surface area (Å²) in [4.78, 5) is 4.54. The molecule has 0 aliphatic heterocycles. The average molecular weight is 479 g/mol. The molecule has 0 spiro atoms. The molecule has 7 N–H and O–H groups in total. The third-order valence-electron chi connectivity index (χ3n) is 6.08. The molecular weight excluding hydrogens is 448 g/mol. The number of rotatable bonds is 9. The van der Waals surface area contributed by atoms with Crippen molar-refractivity contribution in [3.05, 3.63) is 113 Å². The molecule has 0 saturated carbocycles. The number of nitrogen functional groups attached to an aromatic ring is 2. The van der Waals surface area contributed by atoms with Crippen LogP contribution in [0.3, 0.4) is 0 Å². The van der Waals surface area contributed by atoms with Crippen LogP contribution >= 0.6 is 0 Å². The van der Waals surface area contributed by atoms with Crippen LogP contribution < -0.4 is 21.5 Å². The molecular formula is C29H30N6O. The van der Waals surface area contributed by atoms with E-state index in [0.29, 0.717) is 24.3 Å². The van der Waals surface area contributed by atoms with E-state index in [0.717, 1.165) is 44.9 Å². The van der Waals surface area contributed by atoms with Gasteiger partial charge in [0.1, 0.15) is 24.0 Å². The van der Waals surface area contributed by atoms with Crippen molar-refractivity contribution < 1.29 is 4.74 Å². The van der Waals surface area contributed by atoms with Crippen LogP contribution in [0.15, 0.2) is 79.0 Å². The van der Waals surface area contributed by atoms with Crippen LogP contribution in [0.25, 0.3) is 11.1 Å². The van der Waals surface area contributed by atoms with Crippen molar-refractivity contribution >= 4 is 17.4 Å². The molecule has 1 heterocycles. The molecule has 0 fully saturated rings. The summed E-state index contributed by atoms with van der Waals surface area (Å²) in [6.07, 6.45) is 1.88. The molecule has 4 rings (SSSR count). The van der Waals surface area contributed by atoms with Crippen LogP contribution in [0.4, 0.5) is 5.69 Å². The van der Waals surface area contributed by atoms with E-state index in [1.54, 1.807) is 0 Å². The van der Waals surface area contributed by atoms with Crippen molar-refractivity contribution in [1.82, 2.24) is 4.98 Å². The summed E-state index contributed by atoms with van der Waals surface area (Å²) in [6.45, 7) is 4.96. The fourth-order valence-corrected chi connectivity index (χ4v) is 3.94. The zero-order chi connectivity index (χ0) is 25.7. The Bertz CT molecular complexity index is 1390. The first-order valence-corrected chi connectivity index (χ1v) is 11.6. The summed E-state index contributed by atoms with van der Waals surface area (Å²) < 4.78 is 6.15. The minimum Gasteiger partial charge on any atom is -0.487 e. The van der Waals surface area contributed by atoms with Gasteiger partial charge in [0, 0.05) is 29.6 Å². The third kappa shape index (κ3) is 5.70. The Morgan fingerprint density at radius 2 is 1.50 bits per heavy atom. The number of benzene rings is 3. The predicted octanol–water partition coefficient (Wildman–Crippen LogP) is 5.12. The zero-order valence-corrected chi connectivity index (χ0v) is 20.4. The van der Waals surface area contributed by atoms with Crippen molar-refractivity contribution in [2.45, 2.75) is 27.0 Å². The van der Waals surface area contributed by atoms with Gasteiger partial charge in [-0.3, -0.25) is 15.8 Å². The highest BCUT2D eigenvalue weighted by atomic mass is 16.5. The molecule has 0 amide bonds. The molecule has 3 aromatic carbocycles. The highest BCUT2D eigenvalue weighted by Crippen LogP contribution is 2.27. The number of amidine groups is 2. The Morgan fingerprint density at radius 3 is 2.14 bits per heavy atom. The molecule has 0 aliphatic carbocycles. The average Bonchev–Trinajstić information content (AvgIpc) is 2.88. The van der Waals surface area contributed by atoms with E-state index in [1.807, 2.05) is 80.7 Å². The molecule has 7 heteroatoms. The monoisotopic (exact) mass is 478 g/mol. The predicted molar refractivity (Wildman–Crippen MR) is 146 cm³/mol. The number of hydrogen-bond acceptors (Lipinski definition) is 5. The molecule has 36 heavy (non-hydrogen) atoms. The van der Waals surface area contributed by atoms with Gasteiger partial charge >= 0.3 is 0 Å². The zero-order valence-electron chi connectivity index (χ0n) is 20.4. The number of pyridine rings is 1. The summed E-state index contributed by atoms with van der Waals surface area (Å²) in [5, 5.41) is 18.6. The molecule has 4 aromatic rings. The van der Waals surface area contributed by atoms with Crippen molar-refractivity contribution in [2.24, 2.45) is 11.5 Å². The molecule has 0 aliphatic rings. The van der Waals surface area contributed by atoms with Gasteiger partial charge < -0.3 is 21.5 Å². The fraction of sp³-hybridized carbons (Fsp3) is 0.138. The lowest BCUT2D eigenvalue weighted by atomic mass is 10.0. The SMILES string of the molecule is Cc1ncc(CNc2ccc(-c3ccc(C(=N)N)cc3)cc2)c(C)c1OCc1cccc(C(=N)N)c1. The topological polar surface area (TPSA) is 134 Å². The third-order valence-corrected chi connectivity index (χ3v) is 6.08. The Labute approximate surface area is 211 Å². The van der Waals surface area contributed by atoms with E-state index in [4.69, 9.17) is 27.0 Å². The van der Waals surface area contributed by atoms with E-state index >= 15 is 0 Å². The van der Waals surface area contributed by atoms with Gasteiger partial charge in [-0.15, -0.1) is 0 Å². The largest absolute Gasteiger partial charge is 0.487 e. The van der Waals surface area contributed by atoms with E-state index in [2.05, 4.69) is 22.4 Å². The summed E-state index contributed by atoms with van der Waals surface area (Å²) in [7, 11) is 0. The van der Waals surface area contributed by atoms with Gasteiger partial charge in [-0.2, -0.15) is 0 Å². The quantitative estimate of drug-likeness (QED) is 0.168. The van der Waals surface area contributed by atoms with Crippen molar-refractivity contribution in [3.63, 3.8) is 0 Å². The van der Waals surface area contributed by atoms with Crippen LogP contribution in [0.1, 0.15) is 33.5 Å². The first-order valence-electron chi connectivity index (χ1n) is 11.6. The van der Waals surface area contributed by atoms with Crippen LogP contribution in [-0.4, -0.2) is 16.7 Å². The molecule has 1 aromatic heterocycles. The molecule has 182 valence electrons. The summed E-state index contributed by atoms with van der Waals surface area (Å²) in [5.74, 6) is 0.877. The maximum absolute atomic E-state index is 7.63. The second kappa shape index (κ2) is 10.7. The Kier molecular flexibility index (Phi) is 7.30. The summed E-state index contributed by atoms with van der Waals surface area (Å²) >= 11 is 0. The van der Waals surface area contributed by atoms with Crippen molar-refractivity contribution in [1.29, 1.82) is 10.8 Å². The normalized spacial score (nSPS) is 10.6. The van der Waals surface area contributed by atoms with E-state index in [-0.39, 0.29) is 11.7 Å². The minimum absolute atomic E-state index is 0.0397. The molecule has 0 unspecified atom stereocenters. The van der Waals surface area contributed by atoms with Crippen molar-refractivity contribution in [2.75, 3.05) is 5.32 Å². The molecule has 0 saturated heterocycles. The summed E-state index contributed by atoms with van der Waals surface area (Å²) in [5.41, 5.74) is 19.6. The Hall–Kier alpha value is -4.65. The molecule has 0 atom stereocenters. The number of hydrogen-bond donors (Lipinski definition) is 5. The molecule has 0 bridgehead atoms. The number of ether oxygens (including phenoxy) is 1. The van der Waals surface area contributed by atoms with E-state index < -0.39 is 0 Å². The van der Waals surface area contributed by atoms with Crippen molar-refractivity contribution in [3.8, 4) is 16.9 Å². The van der Waals surface area contributed by atoms with Crippen LogP contribution in [0.5, 0.6) is 5.75 Å². The second-order valence-electron chi connectivity index (χ2n) is 8.65. The lowest BCUT2D eigenvalue weighted by Crippen LogP contribution is -2.11. The number of nitrogens with zero attached hydrogens (tertiary/aromatic N) is 1. The number of nitrogens with one attached hydrogen (secondary N) is 3. The van der Waals surface area contributed by atoms with Crippen LogP contribution in [0, 0.1) is 24.7 Å². The van der Waals surface area contributed by atoms with Gasteiger partial charge in [0.25, 0.3) is 0 Å². The van der Waals surface area contributed by atoms with Crippen LogP contribution in [0.2, 0.25) is 0 Å². The number of aryl methyl sites for hydroxylation is 1. The maximum atomic E-state index is 7.63. The molecule has 0 radical (unpaired) electrons. The summed E-state index contributed by atoms with van der Waals surface area (Å²) in [6, 6.07) is 23.4. The first-order chi connectivity index (χ1) is 17.3. The number of anilines is 1. The van der Waals surface area contributed by atoms with Crippen LogP contribution in [-0.2, 0) is 13.2 Å². The lowest BCUT2D eigenvalue weighted by molar-refractivity contribution is 0.300. The highest BCUT2D eigenvalue weighted by Gasteiger charge is 2.11. The maximum Gasteiger partial charge on any atom is 0.144 e. The highest BCUT2D eigenvalue weighted by molar-refractivity contribution is 5.95.